The van der Waals surface area contributed by atoms with E-state index in [2.05, 4.69) is 23.5 Å². The van der Waals surface area contributed by atoms with E-state index in [4.69, 9.17) is 9.47 Å². The average molecular weight is 341 g/mol. The smallest absolute Gasteiger partial charge is 0.339 e. The second kappa shape index (κ2) is 7.68. The molecule has 132 valence electrons. The fraction of sp³-hybridized carbons (Fsp3) is 0.350. The summed E-state index contributed by atoms with van der Waals surface area (Å²) in [6.45, 7) is 4.23. The number of fused-ring (bicyclic) bond motifs is 1. The molecule has 0 bridgehead atoms. The van der Waals surface area contributed by atoms with Crippen LogP contribution in [-0.2, 0) is 24.3 Å². The van der Waals surface area contributed by atoms with Crippen LogP contribution in [0.4, 0.5) is 0 Å². The molecule has 0 saturated carbocycles. The number of carbonyl (C=O) groups is 1. The highest BCUT2D eigenvalue weighted by Gasteiger charge is 2.15. The predicted octanol–water partition coefficient (Wildman–Crippen LogP) is 3.32. The standard InChI is InChI=1S/C20H23NO4/c1-13(15-5-6-19(24-2)18(10-15)20(22)23)21-11-14-3-4-17-12-25-8-7-16(17)9-14/h3-6,9-10,13,21H,7-8,11-12H2,1-2H3,(H,22,23)/t13-/m0/s1. The van der Waals surface area contributed by atoms with Crippen LogP contribution in [0.25, 0.3) is 0 Å². The number of carboxylic acids is 1. The van der Waals surface area contributed by atoms with E-state index < -0.39 is 5.97 Å². The number of benzene rings is 2. The van der Waals surface area contributed by atoms with Gasteiger partial charge in [-0.1, -0.05) is 24.3 Å². The lowest BCUT2D eigenvalue weighted by atomic mass is 9.99. The van der Waals surface area contributed by atoms with Crippen molar-refractivity contribution in [3.63, 3.8) is 0 Å². The van der Waals surface area contributed by atoms with Crippen LogP contribution >= 0.6 is 0 Å². The van der Waals surface area contributed by atoms with E-state index in [-0.39, 0.29) is 11.6 Å². The van der Waals surface area contributed by atoms with Gasteiger partial charge in [0.15, 0.2) is 0 Å². The van der Waals surface area contributed by atoms with Crippen LogP contribution in [0, 0.1) is 0 Å². The first-order chi connectivity index (χ1) is 12.1. The summed E-state index contributed by atoms with van der Waals surface area (Å²) in [6, 6.07) is 11.8. The monoisotopic (exact) mass is 341 g/mol. The van der Waals surface area contributed by atoms with Crippen molar-refractivity contribution in [1.29, 1.82) is 0 Å². The van der Waals surface area contributed by atoms with Gasteiger partial charge in [0, 0.05) is 12.6 Å². The molecule has 0 unspecified atom stereocenters. The van der Waals surface area contributed by atoms with Crippen LogP contribution in [0.5, 0.6) is 5.75 Å². The van der Waals surface area contributed by atoms with Gasteiger partial charge >= 0.3 is 5.97 Å². The molecule has 0 amide bonds. The van der Waals surface area contributed by atoms with Gasteiger partial charge in [-0.25, -0.2) is 4.79 Å². The first-order valence-electron chi connectivity index (χ1n) is 8.41. The Balaban J connectivity index is 1.69. The molecule has 0 fully saturated rings. The van der Waals surface area contributed by atoms with Crippen LogP contribution < -0.4 is 10.1 Å². The Labute approximate surface area is 147 Å². The van der Waals surface area contributed by atoms with E-state index in [9.17, 15) is 9.90 Å². The molecule has 0 saturated heterocycles. The first kappa shape index (κ1) is 17.5. The number of ether oxygens (including phenoxy) is 2. The SMILES string of the molecule is COc1ccc([C@H](C)NCc2ccc3c(c2)CCOC3)cc1C(=O)O. The molecule has 2 aromatic carbocycles. The predicted molar refractivity (Wildman–Crippen MR) is 95.0 cm³/mol. The number of aromatic carboxylic acids is 1. The van der Waals surface area contributed by atoms with Gasteiger partial charge in [-0.15, -0.1) is 0 Å². The van der Waals surface area contributed by atoms with Crippen molar-refractivity contribution >= 4 is 5.97 Å². The lowest BCUT2D eigenvalue weighted by Crippen LogP contribution is -2.19. The van der Waals surface area contributed by atoms with Crippen molar-refractivity contribution in [3.05, 3.63) is 64.2 Å². The van der Waals surface area contributed by atoms with Gasteiger partial charge in [0.25, 0.3) is 0 Å². The fourth-order valence-corrected chi connectivity index (χ4v) is 3.08. The molecule has 0 aromatic heterocycles. The molecule has 1 atom stereocenters. The summed E-state index contributed by atoms with van der Waals surface area (Å²) in [4.78, 5) is 11.4. The third kappa shape index (κ3) is 4.00. The minimum atomic E-state index is -0.984. The maximum absolute atomic E-state index is 11.4. The number of carboxylic acid groups (broad SMARTS) is 1. The highest BCUT2D eigenvalue weighted by molar-refractivity contribution is 5.91. The summed E-state index contributed by atoms with van der Waals surface area (Å²) >= 11 is 0. The number of nitrogens with one attached hydrogen (secondary N) is 1. The summed E-state index contributed by atoms with van der Waals surface area (Å²) < 4.78 is 10.6. The highest BCUT2D eigenvalue weighted by Crippen LogP contribution is 2.24. The zero-order chi connectivity index (χ0) is 17.8. The van der Waals surface area contributed by atoms with Crippen LogP contribution in [0.1, 0.15) is 45.6 Å². The van der Waals surface area contributed by atoms with Crippen molar-refractivity contribution in [1.82, 2.24) is 5.32 Å². The van der Waals surface area contributed by atoms with Gasteiger partial charge < -0.3 is 19.9 Å². The summed E-state index contributed by atoms with van der Waals surface area (Å²) in [7, 11) is 1.48. The van der Waals surface area contributed by atoms with Gasteiger partial charge in [-0.3, -0.25) is 0 Å². The molecule has 25 heavy (non-hydrogen) atoms. The minimum Gasteiger partial charge on any atom is -0.496 e. The Morgan fingerprint density at radius 1 is 1.28 bits per heavy atom. The molecule has 1 aliphatic rings. The maximum Gasteiger partial charge on any atom is 0.339 e. The van der Waals surface area contributed by atoms with Crippen molar-refractivity contribution in [2.75, 3.05) is 13.7 Å². The van der Waals surface area contributed by atoms with E-state index in [1.807, 2.05) is 13.0 Å². The summed E-state index contributed by atoms with van der Waals surface area (Å²) in [5, 5.41) is 12.8. The van der Waals surface area contributed by atoms with Crippen molar-refractivity contribution < 1.29 is 19.4 Å². The quantitative estimate of drug-likeness (QED) is 0.844. The number of hydrogen-bond donors (Lipinski definition) is 2. The molecule has 0 spiro atoms. The van der Waals surface area contributed by atoms with Gasteiger partial charge in [0.2, 0.25) is 0 Å². The lowest BCUT2D eigenvalue weighted by Gasteiger charge is -2.19. The summed E-state index contributed by atoms with van der Waals surface area (Å²) in [5.74, 6) is -0.608. The Morgan fingerprint density at radius 2 is 2.12 bits per heavy atom. The highest BCUT2D eigenvalue weighted by atomic mass is 16.5. The second-order valence-electron chi connectivity index (χ2n) is 6.27. The molecule has 0 aliphatic carbocycles. The molecule has 5 nitrogen and oxygen atoms in total. The number of methoxy groups -OCH3 is 1. The molecule has 1 aliphatic heterocycles. The third-order valence-corrected chi connectivity index (χ3v) is 4.61. The topological polar surface area (TPSA) is 67.8 Å². The molecule has 2 N–H and O–H groups in total. The zero-order valence-corrected chi connectivity index (χ0v) is 14.5. The van der Waals surface area contributed by atoms with Crippen LogP contribution in [-0.4, -0.2) is 24.8 Å². The van der Waals surface area contributed by atoms with Gasteiger partial charge in [-0.2, -0.15) is 0 Å². The van der Waals surface area contributed by atoms with Crippen molar-refractivity contribution in [2.24, 2.45) is 0 Å². The van der Waals surface area contributed by atoms with E-state index in [1.165, 1.54) is 23.8 Å². The Kier molecular flexibility index (Phi) is 5.36. The molecular weight excluding hydrogens is 318 g/mol. The average Bonchev–Trinajstić information content (AvgIpc) is 2.65. The Morgan fingerprint density at radius 3 is 2.88 bits per heavy atom. The Bertz CT molecular complexity index is 772. The zero-order valence-electron chi connectivity index (χ0n) is 14.5. The van der Waals surface area contributed by atoms with Crippen molar-refractivity contribution in [3.8, 4) is 5.75 Å². The van der Waals surface area contributed by atoms with Gasteiger partial charge in [-0.05, 0) is 47.7 Å². The van der Waals surface area contributed by atoms with E-state index in [1.54, 1.807) is 12.1 Å². The van der Waals surface area contributed by atoms with Gasteiger partial charge in [0.1, 0.15) is 11.3 Å². The maximum atomic E-state index is 11.4. The molecule has 2 aromatic rings. The molecule has 1 heterocycles. The van der Waals surface area contributed by atoms with Gasteiger partial charge in [0.05, 0.1) is 20.3 Å². The molecule has 5 heteroatoms. The van der Waals surface area contributed by atoms with Crippen molar-refractivity contribution in [2.45, 2.75) is 32.5 Å². The third-order valence-electron chi connectivity index (χ3n) is 4.61. The van der Waals surface area contributed by atoms with Crippen LogP contribution in [0.3, 0.4) is 0 Å². The fourth-order valence-electron chi connectivity index (χ4n) is 3.08. The van der Waals surface area contributed by atoms with E-state index >= 15 is 0 Å². The van der Waals surface area contributed by atoms with Crippen LogP contribution in [0.15, 0.2) is 36.4 Å². The molecular formula is C20H23NO4. The van der Waals surface area contributed by atoms with E-state index in [0.717, 1.165) is 25.1 Å². The molecule has 3 rings (SSSR count). The summed E-state index contributed by atoms with van der Waals surface area (Å²) in [5.41, 5.74) is 4.95. The second-order valence-corrected chi connectivity index (χ2v) is 6.27. The minimum absolute atomic E-state index is 0.0309. The van der Waals surface area contributed by atoms with E-state index in [0.29, 0.717) is 12.4 Å². The van der Waals surface area contributed by atoms with Crippen LogP contribution in [0.2, 0.25) is 0 Å². The Hall–Kier alpha value is -2.37. The number of hydrogen-bond acceptors (Lipinski definition) is 4. The number of rotatable bonds is 6. The summed E-state index contributed by atoms with van der Waals surface area (Å²) in [6.07, 6.45) is 0.958. The molecule has 0 radical (unpaired) electrons. The normalized spacial score (nSPS) is 14.6. The largest absolute Gasteiger partial charge is 0.496 e. The lowest BCUT2D eigenvalue weighted by molar-refractivity contribution is 0.0693. The first-order valence-corrected chi connectivity index (χ1v) is 8.41.